The first kappa shape index (κ1) is 18.9. The van der Waals surface area contributed by atoms with E-state index in [-0.39, 0.29) is 11.8 Å². The van der Waals surface area contributed by atoms with E-state index in [1.165, 1.54) is 0 Å². The van der Waals surface area contributed by atoms with Gasteiger partial charge in [-0.1, -0.05) is 0 Å². The molecule has 0 saturated carbocycles. The number of rotatable bonds is 5. The molecular formula is C20H26N4O3. The number of hydrogen-bond donors (Lipinski definition) is 1. The molecule has 1 saturated heterocycles. The van der Waals surface area contributed by atoms with Crippen molar-refractivity contribution in [3.05, 3.63) is 35.7 Å². The number of carbonyl (C=O) groups is 1. The smallest absolute Gasteiger partial charge is 0.229 e. The molecule has 27 heavy (non-hydrogen) atoms. The van der Waals surface area contributed by atoms with Crippen LogP contribution in [-0.4, -0.2) is 43.2 Å². The van der Waals surface area contributed by atoms with Gasteiger partial charge in [-0.2, -0.15) is 0 Å². The van der Waals surface area contributed by atoms with Crippen LogP contribution < -0.4 is 19.7 Å². The van der Waals surface area contributed by atoms with E-state index < -0.39 is 0 Å². The Morgan fingerprint density at radius 1 is 1.11 bits per heavy atom. The van der Waals surface area contributed by atoms with E-state index in [1.54, 1.807) is 26.4 Å². The van der Waals surface area contributed by atoms with E-state index in [4.69, 9.17) is 9.47 Å². The number of aryl methyl sites for hydroxylation is 2. The van der Waals surface area contributed by atoms with Gasteiger partial charge in [0.1, 0.15) is 0 Å². The van der Waals surface area contributed by atoms with Gasteiger partial charge in [-0.3, -0.25) is 4.79 Å². The van der Waals surface area contributed by atoms with Crippen LogP contribution >= 0.6 is 0 Å². The highest BCUT2D eigenvalue weighted by Gasteiger charge is 2.27. The summed E-state index contributed by atoms with van der Waals surface area (Å²) in [7, 11) is 3.16. The molecule has 1 aromatic carbocycles. The molecule has 1 amide bonds. The molecule has 2 heterocycles. The molecule has 1 aliphatic heterocycles. The van der Waals surface area contributed by atoms with Crippen LogP contribution in [0.1, 0.15) is 24.2 Å². The lowest BCUT2D eigenvalue weighted by atomic mass is 9.97. The molecule has 1 aromatic heterocycles. The summed E-state index contributed by atoms with van der Waals surface area (Å²) in [5.74, 6) is 1.80. The molecule has 1 fully saturated rings. The largest absolute Gasteiger partial charge is 0.493 e. The number of methoxy groups -OCH3 is 2. The summed E-state index contributed by atoms with van der Waals surface area (Å²) in [5.41, 5.74) is 2.57. The summed E-state index contributed by atoms with van der Waals surface area (Å²) >= 11 is 0. The summed E-state index contributed by atoms with van der Waals surface area (Å²) in [4.78, 5) is 23.9. The van der Waals surface area contributed by atoms with Crippen LogP contribution in [0.4, 0.5) is 11.6 Å². The highest BCUT2D eigenvalue weighted by molar-refractivity contribution is 5.93. The zero-order chi connectivity index (χ0) is 19.4. The minimum Gasteiger partial charge on any atom is -0.493 e. The van der Waals surface area contributed by atoms with Crippen molar-refractivity contribution in [1.82, 2.24) is 9.97 Å². The van der Waals surface area contributed by atoms with Crippen molar-refractivity contribution in [1.29, 1.82) is 0 Å². The first-order valence-corrected chi connectivity index (χ1v) is 9.10. The molecule has 1 N–H and O–H groups in total. The molecule has 2 aromatic rings. The van der Waals surface area contributed by atoms with Crippen molar-refractivity contribution in [2.24, 2.45) is 5.92 Å². The summed E-state index contributed by atoms with van der Waals surface area (Å²) in [5, 5.41) is 2.99. The van der Waals surface area contributed by atoms with Gasteiger partial charge < -0.3 is 19.7 Å². The third-order valence-corrected chi connectivity index (χ3v) is 4.70. The maximum absolute atomic E-state index is 12.8. The summed E-state index contributed by atoms with van der Waals surface area (Å²) in [6.45, 7) is 5.40. The van der Waals surface area contributed by atoms with E-state index in [0.717, 1.165) is 30.8 Å². The second-order valence-corrected chi connectivity index (χ2v) is 6.79. The van der Waals surface area contributed by atoms with E-state index in [2.05, 4.69) is 20.2 Å². The number of benzene rings is 1. The standard InChI is InChI=1S/C20H26N4O3/c1-13-10-14(2)22-20(21-13)24-9-5-6-15(12-24)19(25)23-16-7-8-17(26-3)18(11-16)27-4/h7-8,10-11,15H,5-6,9,12H2,1-4H3,(H,23,25)/t15-/m0/s1. The van der Waals surface area contributed by atoms with Crippen LogP contribution in [0.3, 0.4) is 0 Å². The lowest BCUT2D eigenvalue weighted by molar-refractivity contribution is -0.120. The topological polar surface area (TPSA) is 76.6 Å². The molecule has 0 radical (unpaired) electrons. The molecule has 7 heteroatoms. The Labute approximate surface area is 159 Å². The number of hydrogen-bond acceptors (Lipinski definition) is 6. The van der Waals surface area contributed by atoms with Crippen LogP contribution in [0.15, 0.2) is 24.3 Å². The first-order chi connectivity index (χ1) is 13.0. The van der Waals surface area contributed by atoms with E-state index in [9.17, 15) is 4.79 Å². The SMILES string of the molecule is COc1ccc(NC(=O)[C@H]2CCCN(c3nc(C)cc(C)n3)C2)cc1OC. The van der Waals surface area contributed by atoms with E-state index in [0.29, 0.717) is 29.7 Å². The van der Waals surface area contributed by atoms with Crippen LogP contribution in [-0.2, 0) is 4.79 Å². The number of carbonyl (C=O) groups excluding carboxylic acids is 1. The lowest BCUT2D eigenvalue weighted by Crippen LogP contribution is -2.41. The first-order valence-electron chi connectivity index (χ1n) is 9.10. The zero-order valence-corrected chi connectivity index (χ0v) is 16.3. The third kappa shape index (κ3) is 4.48. The van der Waals surface area contributed by atoms with Crippen LogP contribution in [0.5, 0.6) is 11.5 Å². The Morgan fingerprint density at radius 3 is 2.48 bits per heavy atom. The third-order valence-electron chi connectivity index (χ3n) is 4.70. The van der Waals surface area contributed by atoms with Gasteiger partial charge in [0.2, 0.25) is 11.9 Å². The number of nitrogens with zero attached hydrogens (tertiary/aromatic N) is 3. The fourth-order valence-electron chi connectivity index (χ4n) is 3.38. The molecule has 144 valence electrons. The van der Waals surface area contributed by atoms with E-state index in [1.807, 2.05) is 26.0 Å². The average molecular weight is 370 g/mol. The zero-order valence-electron chi connectivity index (χ0n) is 16.3. The van der Waals surface area contributed by atoms with Crippen molar-refractivity contribution in [2.75, 3.05) is 37.5 Å². The number of anilines is 2. The number of aromatic nitrogens is 2. The highest BCUT2D eigenvalue weighted by Crippen LogP contribution is 2.30. The van der Waals surface area contributed by atoms with Gasteiger partial charge in [-0.05, 0) is 44.9 Å². The Morgan fingerprint density at radius 2 is 1.81 bits per heavy atom. The minimum atomic E-state index is -0.115. The average Bonchev–Trinajstić information content (AvgIpc) is 2.67. The van der Waals surface area contributed by atoms with Crippen LogP contribution in [0.25, 0.3) is 0 Å². The van der Waals surface area contributed by atoms with Crippen molar-refractivity contribution < 1.29 is 14.3 Å². The molecule has 3 rings (SSSR count). The van der Waals surface area contributed by atoms with Crippen molar-refractivity contribution in [3.63, 3.8) is 0 Å². The highest BCUT2D eigenvalue weighted by atomic mass is 16.5. The van der Waals surface area contributed by atoms with Crippen molar-refractivity contribution in [3.8, 4) is 11.5 Å². The Bertz CT molecular complexity index is 805. The number of amides is 1. The summed E-state index contributed by atoms with van der Waals surface area (Å²) in [6, 6.07) is 7.32. The molecule has 0 spiro atoms. The van der Waals surface area contributed by atoms with Gasteiger partial charge in [0.15, 0.2) is 11.5 Å². The fourth-order valence-corrected chi connectivity index (χ4v) is 3.38. The maximum atomic E-state index is 12.8. The van der Waals surface area contributed by atoms with Crippen LogP contribution in [0, 0.1) is 19.8 Å². The van der Waals surface area contributed by atoms with Crippen molar-refractivity contribution >= 4 is 17.5 Å². The van der Waals surface area contributed by atoms with Gasteiger partial charge in [-0.15, -0.1) is 0 Å². The van der Waals surface area contributed by atoms with Gasteiger partial charge in [0, 0.05) is 36.2 Å². The second kappa shape index (κ2) is 8.24. The molecule has 1 atom stereocenters. The maximum Gasteiger partial charge on any atom is 0.229 e. The van der Waals surface area contributed by atoms with Crippen molar-refractivity contribution in [2.45, 2.75) is 26.7 Å². The summed E-state index contributed by atoms with van der Waals surface area (Å²) < 4.78 is 10.5. The number of ether oxygens (including phenoxy) is 2. The quantitative estimate of drug-likeness (QED) is 0.872. The van der Waals surface area contributed by atoms with Gasteiger partial charge in [0.05, 0.1) is 20.1 Å². The normalized spacial score (nSPS) is 16.7. The molecule has 7 nitrogen and oxygen atoms in total. The van der Waals surface area contributed by atoms with Crippen LogP contribution in [0.2, 0.25) is 0 Å². The molecular weight excluding hydrogens is 344 g/mol. The van der Waals surface area contributed by atoms with Gasteiger partial charge >= 0.3 is 0 Å². The second-order valence-electron chi connectivity index (χ2n) is 6.79. The van der Waals surface area contributed by atoms with Gasteiger partial charge in [0.25, 0.3) is 0 Å². The predicted octanol–water partition coefficient (Wildman–Crippen LogP) is 2.97. The van der Waals surface area contributed by atoms with E-state index >= 15 is 0 Å². The minimum absolute atomic E-state index is 0.00343. The number of nitrogens with one attached hydrogen (secondary N) is 1. The molecule has 0 aliphatic carbocycles. The predicted molar refractivity (Wildman–Crippen MR) is 105 cm³/mol. The lowest BCUT2D eigenvalue weighted by Gasteiger charge is -2.32. The monoisotopic (exact) mass is 370 g/mol. The fraction of sp³-hybridized carbons (Fsp3) is 0.450. The Hall–Kier alpha value is -2.83. The number of piperidine rings is 1. The molecule has 1 aliphatic rings. The molecule has 0 bridgehead atoms. The Kier molecular flexibility index (Phi) is 5.78. The van der Waals surface area contributed by atoms with Gasteiger partial charge in [-0.25, -0.2) is 9.97 Å². The molecule has 0 unspecified atom stereocenters. The summed E-state index contributed by atoms with van der Waals surface area (Å²) in [6.07, 6.45) is 1.78. The Balaban J connectivity index is 1.70.